The van der Waals surface area contributed by atoms with Crippen molar-refractivity contribution in [2.24, 2.45) is 5.92 Å². The first-order valence-corrected chi connectivity index (χ1v) is 6.09. The van der Waals surface area contributed by atoms with Gasteiger partial charge in [-0.2, -0.15) is 0 Å². The number of nitrogens with one attached hydrogen (secondary N) is 1. The second-order valence-corrected chi connectivity index (χ2v) is 4.57. The SMILES string of the molecule is Brc1ncccc1OC[C@H]1CCCNC1. The van der Waals surface area contributed by atoms with E-state index in [0.717, 1.165) is 30.0 Å². The fourth-order valence-corrected chi connectivity index (χ4v) is 2.12. The molecule has 4 heteroatoms. The molecule has 0 amide bonds. The molecule has 0 aromatic carbocycles. The smallest absolute Gasteiger partial charge is 0.152 e. The molecule has 1 N–H and O–H groups in total. The lowest BCUT2D eigenvalue weighted by Crippen LogP contribution is -2.33. The van der Waals surface area contributed by atoms with E-state index >= 15 is 0 Å². The normalized spacial score (nSPS) is 21.3. The molecular weight excluding hydrogens is 256 g/mol. The Morgan fingerprint density at radius 3 is 3.27 bits per heavy atom. The van der Waals surface area contributed by atoms with E-state index in [4.69, 9.17) is 4.74 Å². The van der Waals surface area contributed by atoms with E-state index in [1.54, 1.807) is 6.20 Å². The van der Waals surface area contributed by atoms with Crippen LogP contribution in [0.1, 0.15) is 12.8 Å². The van der Waals surface area contributed by atoms with E-state index in [1.807, 2.05) is 12.1 Å². The topological polar surface area (TPSA) is 34.1 Å². The number of hydrogen-bond acceptors (Lipinski definition) is 3. The van der Waals surface area contributed by atoms with E-state index in [2.05, 4.69) is 26.2 Å². The van der Waals surface area contributed by atoms with Crippen molar-refractivity contribution in [2.75, 3.05) is 19.7 Å². The van der Waals surface area contributed by atoms with Gasteiger partial charge >= 0.3 is 0 Å². The summed E-state index contributed by atoms with van der Waals surface area (Å²) in [5, 5.41) is 3.38. The average Bonchev–Trinajstić information content (AvgIpc) is 2.29. The molecule has 0 bridgehead atoms. The third-order valence-corrected chi connectivity index (χ3v) is 3.19. The van der Waals surface area contributed by atoms with Gasteiger partial charge in [0.05, 0.1) is 6.61 Å². The quantitative estimate of drug-likeness (QED) is 0.856. The van der Waals surface area contributed by atoms with Gasteiger partial charge in [-0.3, -0.25) is 0 Å². The molecule has 1 aromatic rings. The van der Waals surface area contributed by atoms with Crippen molar-refractivity contribution in [3.63, 3.8) is 0 Å². The molecule has 1 fully saturated rings. The first kappa shape index (κ1) is 10.9. The Morgan fingerprint density at radius 2 is 2.53 bits per heavy atom. The van der Waals surface area contributed by atoms with E-state index in [9.17, 15) is 0 Å². The standard InChI is InChI=1S/C11H15BrN2O/c12-11-10(4-2-6-14-11)15-8-9-3-1-5-13-7-9/h2,4,6,9,13H,1,3,5,7-8H2/t9-/m0/s1. The Balaban J connectivity index is 1.84. The first-order chi connectivity index (χ1) is 7.36. The van der Waals surface area contributed by atoms with Gasteiger partial charge in [0.25, 0.3) is 0 Å². The van der Waals surface area contributed by atoms with Crippen LogP contribution in [-0.2, 0) is 0 Å². The van der Waals surface area contributed by atoms with Crippen LogP contribution in [0.2, 0.25) is 0 Å². The Bertz CT molecular complexity index is 313. The predicted octanol–water partition coefficient (Wildman–Crippen LogP) is 2.22. The molecule has 0 aliphatic carbocycles. The maximum absolute atomic E-state index is 5.73. The average molecular weight is 271 g/mol. The van der Waals surface area contributed by atoms with Crippen LogP contribution in [-0.4, -0.2) is 24.7 Å². The Kier molecular flexibility index (Phi) is 3.97. The number of ether oxygens (including phenoxy) is 1. The number of pyridine rings is 1. The maximum atomic E-state index is 5.73. The van der Waals surface area contributed by atoms with Crippen molar-refractivity contribution in [1.82, 2.24) is 10.3 Å². The van der Waals surface area contributed by atoms with Crippen molar-refractivity contribution in [3.8, 4) is 5.75 Å². The van der Waals surface area contributed by atoms with Crippen LogP contribution in [0, 0.1) is 5.92 Å². The van der Waals surface area contributed by atoms with E-state index in [-0.39, 0.29) is 0 Å². The second-order valence-electron chi connectivity index (χ2n) is 3.82. The minimum absolute atomic E-state index is 0.630. The van der Waals surface area contributed by atoms with Crippen LogP contribution in [0.5, 0.6) is 5.75 Å². The lowest BCUT2D eigenvalue weighted by Gasteiger charge is -2.22. The molecule has 2 rings (SSSR count). The fourth-order valence-electron chi connectivity index (χ4n) is 1.75. The van der Waals surface area contributed by atoms with Crippen LogP contribution in [0.4, 0.5) is 0 Å². The number of nitrogens with zero attached hydrogens (tertiary/aromatic N) is 1. The van der Waals surface area contributed by atoms with Gasteiger partial charge in [0.1, 0.15) is 4.60 Å². The molecule has 1 saturated heterocycles. The lowest BCUT2D eigenvalue weighted by atomic mass is 10.0. The van der Waals surface area contributed by atoms with Gasteiger partial charge in [0, 0.05) is 18.7 Å². The Labute approximate surface area is 98.4 Å². The van der Waals surface area contributed by atoms with Crippen molar-refractivity contribution >= 4 is 15.9 Å². The van der Waals surface area contributed by atoms with Crippen LogP contribution >= 0.6 is 15.9 Å². The molecule has 82 valence electrons. The summed E-state index contributed by atoms with van der Waals surface area (Å²) in [5.74, 6) is 1.47. The molecule has 1 atom stereocenters. The molecule has 1 aromatic heterocycles. The molecule has 1 aliphatic rings. The van der Waals surface area contributed by atoms with Gasteiger partial charge in [0.15, 0.2) is 5.75 Å². The number of rotatable bonds is 3. The molecular formula is C11H15BrN2O. The van der Waals surface area contributed by atoms with Crippen LogP contribution < -0.4 is 10.1 Å². The molecule has 2 heterocycles. The summed E-state index contributed by atoms with van der Waals surface area (Å²) in [4.78, 5) is 4.12. The third-order valence-electron chi connectivity index (χ3n) is 2.60. The zero-order chi connectivity index (χ0) is 10.5. The summed E-state index contributed by atoms with van der Waals surface area (Å²) in [6.07, 6.45) is 4.26. The molecule has 0 saturated carbocycles. The Morgan fingerprint density at radius 1 is 1.60 bits per heavy atom. The summed E-state index contributed by atoms with van der Waals surface area (Å²) in [6.45, 7) is 2.99. The molecule has 15 heavy (non-hydrogen) atoms. The molecule has 3 nitrogen and oxygen atoms in total. The lowest BCUT2D eigenvalue weighted by molar-refractivity contribution is 0.217. The molecule has 0 spiro atoms. The zero-order valence-electron chi connectivity index (χ0n) is 8.58. The van der Waals surface area contributed by atoms with Gasteiger partial charge in [0.2, 0.25) is 0 Å². The number of hydrogen-bond donors (Lipinski definition) is 1. The van der Waals surface area contributed by atoms with Gasteiger partial charge in [-0.1, -0.05) is 0 Å². The van der Waals surface area contributed by atoms with Crippen LogP contribution in [0.25, 0.3) is 0 Å². The van der Waals surface area contributed by atoms with E-state index in [0.29, 0.717) is 5.92 Å². The summed E-state index contributed by atoms with van der Waals surface area (Å²) in [6, 6.07) is 3.83. The van der Waals surface area contributed by atoms with Gasteiger partial charge in [-0.25, -0.2) is 4.98 Å². The summed E-state index contributed by atoms with van der Waals surface area (Å²) in [7, 11) is 0. The highest BCUT2D eigenvalue weighted by molar-refractivity contribution is 9.10. The van der Waals surface area contributed by atoms with Gasteiger partial charge in [-0.15, -0.1) is 0 Å². The van der Waals surface area contributed by atoms with Crippen molar-refractivity contribution in [3.05, 3.63) is 22.9 Å². The molecule has 1 aliphatic heterocycles. The molecule has 0 radical (unpaired) electrons. The van der Waals surface area contributed by atoms with Crippen molar-refractivity contribution in [1.29, 1.82) is 0 Å². The van der Waals surface area contributed by atoms with Gasteiger partial charge < -0.3 is 10.1 Å². The summed E-state index contributed by atoms with van der Waals surface area (Å²) >= 11 is 3.37. The summed E-state index contributed by atoms with van der Waals surface area (Å²) in [5.41, 5.74) is 0. The highest BCUT2D eigenvalue weighted by Gasteiger charge is 2.14. The predicted molar refractivity (Wildman–Crippen MR) is 63.0 cm³/mol. The van der Waals surface area contributed by atoms with Gasteiger partial charge in [-0.05, 0) is 47.4 Å². The molecule has 0 unspecified atom stereocenters. The second kappa shape index (κ2) is 5.47. The number of aromatic nitrogens is 1. The fraction of sp³-hybridized carbons (Fsp3) is 0.545. The van der Waals surface area contributed by atoms with E-state index < -0.39 is 0 Å². The van der Waals surface area contributed by atoms with E-state index in [1.165, 1.54) is 12.8 Å². The van der Waals surface area contributed by atoms with Crippen LogP contribution in [0.3, 0.4) is 0 Å². The maximum Gasteiger partial charge on any atom is 0.152 e. The largest absolute Gasteiger partial charge is 0.490 e. The summed E-state index contributed by atoms with van der Waals surface area (Å²) < 4.78 is 6.51. The van der Waals surface area contributed by atoms with Crippen molar-refractivity contribution in [2.45, 2.75) is 12.8 Å². The number of halogens is 1. The Hall–Kier alpha value is -0.610. The highest BCUT2D eigenvalue weighted by atomic mass is 79.9. The first-order valence-electron chi connectivity index (χ1n) is 5.30. The monoisotopic (exact) mass is 270 g/mol. The minimum atomic E-state index is 0.630. The third kappa shape index (κ3) is 3.18. The van der Waals surface area contributed by atoms with Crippen molar-refractivity contribution < 1.29 is 4.74 Å². The zero-order valence-corrected chi connectivity index (χ0v) is 10.2. The van der Waals surface area contributed by atoms with Crippen LogP contribution in [0.15, 0.2) is 22.9 Å². The highest BCUT2D eigenvalue weighted by Crippen LogP contribution is 2.22. The minimum Gasteiger partial charge on any atom is -0.490 e. The number of piperidine rings is 1.